The van der Waals surface area contributed by atoms with E-state index in [4.69, 9.17) is 0 Å². The van der Waals surface area contributed by atoms with E-state index in [1.54, 1.807) is 6.92 Å². The molecule has 2 rings (SSSR count). The van der Waals surface area contributed by atoms with Crippen LogP contribution in [0.4, 0.5) is 5.69 Å². The number of aromatic nitrogens is 3. The van der Waals surface area contributed by atoms with Crippen molar-refractivity contribution in [1.29, 1.82) is 0 Å². The van der Waals surface area contributed by atoms with Gasteiger partial charge in [-0.15, -0.1) is 9.19 Å². The molecule has 0 saturated heterocycles. The Morgan fingerprint density at radius 2 is 1.79 bits per heavy atom. The average Bonchev–Trinajstić information content (AvgIpc) is 2.69. The highest BCUT2D eigenvalue weighted by atomic mass is 32.2. The molecule has 0 radical (unpaired) electrons. The molecule has 0 aliphatic rings. The topological polar surface area (TPSA) is 108 Å². The molecule has 0 aliphatic carbocycles. The molecule has 1 aromatic heterocycles. The number of nitrogens with zero attached hydrogens (tertiary/aromatic N) is 4. The zero-order valence-electron chi connectivity index (χ0n) is 10.1. The second kappa shape index (κ2) is 4.43. The summed E-state index contributed by atoms with van der Waals surface area (Å²) in [5.41, 5.74) is -0.176. The van der Waals surface area contributed by atoms with Crippen LogP contribution in [-0.4, -0.2) is 27.5 Å². The van der Waals surface area contributed by atoms with Crippen LogP contribution >= 0.6 is 0 Å². The normalized spacial score (nSPS) is 11.5. The SMILES string of the molecule is Cc1nc(C)n(S(=O)(=O)c2ccc([N+](=O)[O-])cc2)n1. The molecule has 9 heteroatoms. The molecule has 0 saturated carbocycles. The molecular formula is C10H10N4O4S. The van der Waals surface area contributed by atoms with E-state index >= 15 is 0 Å². The van der Waals surface area contributed by atoms with Crippen LogP contribution in [0.2, 0.25) is 0 Å². The summed E-state index contributed by atoms with van der Waals surface area (Å²) in [7, 11) is -3.87. The third-order valence-electron chi connectivity index (χ3n) is 2.41. The first kappa shape index (κ1) is 13.1. The van der Waals surface area contributed by atoms with Gasteiger partial charge in [-0.3, -0.25) is 10.1 Å². The first-order valence-corrected chi connectivity index (χ1v) is 6.66. The number of hydrogen-bond donors (Lipinski definition) is 0. The Morgan fingerprint density at radius 3 is 2.21 bits per heavy atom. The quantitative estimate of drug-likeness (QED) is 0.614. The maximum absolute atomic E-state index is 12.2. The van der Waals surface area contributed by atoms with Gasteiger partial charge in [0, 0.05) is 12.1 Å². The number of non-ortho nitro benzene ring substituents is 1. The van der Waals surface area contributed by atoms with Crippen molar-refractivity contribution in [2.24, 2.45) is 0 Å². The summed E-state index contributed by atoms with van der Waals surface area (Å²) in [5, 5.41) is 14.3. The Kier molecular flexibility index (Phi) is 3.06. The van der Waals surface area contributed by atoms with Crippen LogP contribution < -0.4 is 0 Å². The van der Waals surface area contributed by atoms with Gasteiger partial charge in [-0.05, 0) is 26.0 Å². The van der Waals surface area contributed by atoms with Crippen LogP contribution in [0.25, 0.3) is 0 Å². The minimum Gasteiger partial charge on any atom is -0.258 e. The van der Waals surface area contributed by atoms with Gasteiger partial charge in [-0.25, -0.2) is 4.98 Å². The van der Waals surface area contributed by atoms with Crippen molar-refractivity contribution in [3.05, 3.63) is 46.0 Å². The molecule has 0 atom stereocenters. The lowest BCUT2D eigenvalue weighted by molar-refractivity contribution is -0.384. The summed E-state index contributed by atoms with van der Waals surface area (Å²) in [6, 6.07) is 4.60. The molecule has 0 bridgehead atoms. The lowest BCUT2D eigenvalue weighted by Gasteiger charge is -2.04. The van der Waals surface area contributed by atoms with Crippen LogP contribution in [0.5, 0.6) is 0 Å². The summed E-state index contributed by atoms with van der Waals surface area (Å²) >= 11 is 0. The summed E-state index contributed by atoms with van der Waals surface area (Å²) in [5.74, 6) is 0.568. The van der Waals surface area contributed by atoms with E-state index in [0.29, 0.717) is 5.82 Å². The molecule has 1 heterocycles. The minimum absolute atomic E-state index is 0.0777. The van der Waals surface area contributed by atoms with Gasteiger partial charge in [-0.1, -0.05) is 0 Å². The largest absolute Gasteiger partial charge is 0.284 e. The van der Waals surface area contributed by atoms with Crippen LogP contribution in [0, 0.1) is 24.0 Å². The fourth-order valence-electron chi connectivity index (χ4n) is 1.57. The molecule has 0 aliphatic heterocycles. The Labute approximate surface area is 108 Å². The van der Waals surface area contributed by atoms with Gasteiger partial charge in [-0.2, -0.15) is 8.42 Å². The summed E-state index contributed by atoms with van der Waals surface area (Å²) in [6.45, 7) is 3.10. The molecule has 0 amide bonds. The standard InChI is InChI=1S/C10H10N4O4S/c1-7-11-8(2)13(12-7)19(17,18)10-5-3-9(4-6-10)14(15)16/h3-6H,1-2H3. The number of nitro benzene ring substituents is 1. The predicted molar refractivity (Wildman–Crippen MR) is 65.2 cm³/mol. The van der Waals surface area contributed by atoms with Gasteiger partial charge in [0.25, 0.3) is 15.7 Å². The van der Waals surface area contributed by atoms with Gasteiger partial charge < -0.3 is 0 Å². The molecule has 0 fully saturated rings. The molecule has 1 aromatic carbocycles. The second-order valence-electron chi connectivity index (χ2n) is 3.81. The zero-order chi connectivity index (χ0) is 14.2. The van der Waals surface area contributed by atoms with Crippen molar-refractivity contribution < 1.29 is 13.3 Å². The van der Waals surface area contributed by atoms with Crippen molar-refractivity contribution in [2.75, 3.05) is 0 Å². The number of nitro groups is 1. The smallest absolute Gasteiger partial charge is 0.258 e. The zero-order valence-corrected chi connectivity index (χ0v) is 11.0. The predicted octanol–water partition coefficient (Wildman–Crippen LogP) is 1.04. The fourth-order valence-corrected chi connectivity index (χ4v) is 2.86. The summed E-state index contributed by atoms with van der Waals surface area (Å²) in [6.07, 6.45) is 0. The molecule has 8 nitrogen and oxygen atoms in total. The van der Waals surface area contributed by atoms with E-state index in [2.05, 4.69) is 10.1 Å². The first-order chi connectivity index (χ1) is 8.82. The third-order valence-corrected chi connectivity index (χ3v) is 4.08. The molecule has 0 N–H and O–H groups in total. The molecule has 2 aromatic rings. The number of benzene rings is 1. The second-order valence-corrected chi connectivity index (χ2v) is 5.57. The van der Waals surface area contributed by atoms with E-state index in [-0.39, 0.29) is 16.4 Å². The Morgan fingerprint density at radius 1 is 1.21 bits per heavy atom. The van der Waals surface area contributed by atoms with Crippen LogP contribution in [0.3, 0.4) is 0 Å². The maximum atomic E-state index is 12.2. The van der Waals surface area contributed by atoms with E-state index in [9.17, 15) is 18.5 Å². The highest BCUT2D eigenvalue weighted by molar-refractivity contribution is 7.89. The van der Waals surface area contributed by atoms with Gasteiger partial charge in [0.05, 0.1) is 9.82 Å². The fraction of sp³-hybridized carbons (Fsp3) is 0.200. The number of aryl methyl sites for hydroxylation is 2. The van der Waals surface area contributed by atoms with Gasteiger partial charge in [0.2, 0.25) is 0 Å². The number of rotatable bonds is 3. The summed E-state index contributed by atoms with van der Waals surface area (Å²) < 4.78 is 25.3. The third kappa shape index (κ3) is 2.32. The lowest BCUT2D eigenvalue weighted by atomic mass is 10.3. The van der Waals surface area contributed by atoms with Crippen molar-refractivity contribution >= 4 is 15.7 Å². The lowest BCUT2D eigenvalue weighted by Crippen LogP contribution is -2.16. The van der Waals surface area contributed by atoms with E-state index in [1.165, 1.54) is 19.1 Å². The highest BCUT2D eigenvalue weighted by Gasteiger charge is 2.21. The molecule has 19 heavy (non-hydrogen) atoms. The highest BCUT2D eigenvalue weighted by Crippen LogP contribution is 2.18. The average molecular weight is 282 g/mol. The molecular weight excluding hydrogens is 272 g/mol. The van der Waals surface area contributed by atoms with Crippen LogP contribution in [0.15, 0.2) is 29.2 Å². The molecule has 0 spiro atoms. The van der Waals surface area contributed by atoms with Crippen molar-refractivity contribution in [3.63, 3.8) is 0 Å². The maximum Gasteiger partial charge on any atom is 0.284 e. The number of hydrogen-bond acceptors (Lipinski definition) is 6. The van der Waals surface area contributed by atoms with Crippen LogP contribution in [0.1, 0.15) is 11.6 Å². The van der Waals surface area contributed by atoms with E-state index in [0.717, 1.165) is 16.2 Å². The van der Waals surface area contributed by atoms with Crippen molar-refractivity contribution in [2.45, 2.75) is 18.7 Å². The van der Waals surface area contributed by atoms with E-state index < -0.39 is 14.9 Å². The molecule has 0 unspecified atom stereocenters. The van der Waals surface area contributed by atoms with Gasteiger partial charge in [0.15, 0.2) is 0 Å². The van der Waals surface area contributed by atoms with E-state index in [1.807, 2.05) is 0 Å². The van der Waals surface area contributed by atoms with Crippen LogP contribution in [-0.2, 0) is 10.0 Å². The monoisotopic (exact) mass is 282 g/mol. The first-order valence-electron chi connectivity index (χ1n) is 5.22. The van der Waals surface area contributed by atoms with Crippen molar-refractivity contribution in [3.8, 4) is 0 Å². The van der Waals surface area contributed by atoms with Crippen molar-refractivity contribution in [1.82, 2.24) is 14.2 Å². The van der Waals surface area contributed by atoms with Gasteiger partial charge >= 0.3 is 0 Å². The Bertz CT molecular complexity index is 733. The summed E-state index contributed by atoms with van der Waals surface area (Å²) in [4.78, 5) is 13.8. The Balaban J connectivity index is 2.51. The molecule has 100 valence electrons. The minimum atomic E-state index is -3.87. The Hall–Kier alpha value is -2.29. The van der Waals surface area contributed by atoms with Gasteiger partial charge in [0.1, 0.15) is 11.6 Å².